The molecule has 0 unspecified atom stereocenters. The highest BCUT2D eigenvalue weighted by Gasteiger charge is 2.52. The van der Waals surface area contributed by atoms with Crippen molar-refractivity contribution in [3.8, 4) is 0 Å². The predicted molar refractivity (Wildman–Crippen MR) is 93.5 cm³/mol. The van der Waals surface area contributed by atoms with Gasteiger partial charge in [0.2, 0.25) is 5.91 Å². The number of imide groups is 1. The lowest BCUT2D eigenvalue weighted by atomic mass is 9.82. The molecule has 1 saturated carbocycles. The molecule has 25 heavy (non-hydrogen) atoms. The van der Waals surface area contributed by atoms with Gasteiger partial charge in [0.25, 0.3) is 5.91 Å². The fourth-order valence-corrected chi connectivity index (χ4v) is 3.60. The van der Waals surface area contributed by atoms with Crippen molar-refractivity contribution in [1.29, 1.82) is 0 Å². The summed E-state index contributed by atoms with van der Waals surface area (Å²) in [6, 6.07) is 7.61. The van der Waals surface area contributed by atoms with Crippen molar-refractivity contribution in [3.63, 3.8) is 0 Å². The maximum Gasteiger partial charge on any atom is 0.344 e. The van der Waals surface area contributed by atoms with Gasteiger partial charge < -0.3 is 5.32 Å². The van der Waals surface area contributed by atoms with Crippen LogP contribution in [0.2, 0.25) is 0 Å². The van der Waals surface area contributed by atoms with Gasteiger partial charge >= 0.3 is 6.03 Å². The van der Waals surface area contributed by atoms with Gasteiger partial charge in [0.15, 0.2) is 0 Å². The zero-order valence-corrected chi connectivity index (χ0v) is 14.6. The Hall–Kier alpha value is -2.37. The van der Waals surface area contributed by atoms with Gasteiger partial charge in [-0.15, -0.1) is 0 Å². The topological polar surface area (TPSA) is 78.5 Å². The van der Waals surface area contributed by atoms with Gasteiger partial charge in [0.1, 0.15) is 5.54 Å². The number of hydrogen-bond acceptors (Lipinski definition) is 3. The number of rotatable bonds is 5. The molecule has 2 aliphatic rings. The second kappa shape index (κ2) is 7.25. The summed E-state index contributed by atoms with van der Waals surface area (Å²) in [5.41, 5.74) is 3.99. The predicted octanol–water partition coefficient (Wildman–Crippen LogP) is 2.47. The normalized spacial score (nSPS) is 19.2. The maximum absolute atomic E-state index is 12.6. The molecule has 2 N–H and O–H groups in total. The zero-order valence-electron chi connectivity index (χ0n) is 14.6. The first-order chi connectivity index (χ1) is 12.0. The Morgan fingerprint density at radius 1 is 1.12 bits per heavy atom. The van der Waals surface area contributed by atoms with E-state index in [4.69, 9.17) is 0 Å². The average molecular weight is 343 g/mol. The van der Waals surface area contributed by atoms with Gasteiger partial charge in [-0.1, -0.05) is 50.5 Å². The third-order valence-corrected chi connectivity index (χ3v) is 5.18. The van der Waals surface area contributed by atoms with Crippen molar-refractivity contribution < 1.29 is 14.4 Å². The number of nitrogens with zero attached hydrogens (tertiary/aromatic N) is 1. The number of urea groups is 1. The lowest BCUT2D eigenvalue weighted by Crippen LogP contribution is -2.51. The van der Waals surface area contributed by atoms with Gasteiger partial charge in [0.05, 0.1) is 0 Å². The van der Waals surface area contributed by atoms with E-state index < -0.39 is 11.6 Å². The Morgan fingerprint density at radius 3 is 2.40 bits per heavy atom. The molecule has 3 rings (SSSR count). The molecule has 1 aliphatic heterocycles. The number of amides is 4. The number of nitrogens with one attached hydrogen (secondary N) is 2. The van der Waals surface area contributed by atoms with Crippen molar-refractivity contribution in [2.24, 2.45) is 0 Å². The fraction of sp³-hybridized carbons (Fsp3) is 0.526. The van der Waals surface area contributed by atoms with Crippen molar-refractivity contribution in [3.05, 3.63) is 35.4 Å². The maximum atomic E-state index is 12.6. The highest BCUT2D eigenvalue weighted by molar-refractivity contribution is 6.08. The number of hydrazine groups is 1. The van der Waals surface area contributed by atoms with Crippen molar-refractivity contribution in [2.75, 3.05) is 0 Å². The molecule has 2 fully saturated rings. The molecule has 0 radical (unpaired) electrons. The zero-order chi connectivity index (χ0) is 17.9. The first kappa shape index (κ1) is 17.5. The standard InChI is InChI=1S/C19H25N3O3/c1-2-14-6-8-15(9-7-14)10-11-16(23)21-22-17(24)19(20-18(22)25)12-4-3-5-13-19/h6-9H,2-5,10-13H2,1H3,(H,20,25)(H,21,23). The van der Waals surface area contributed by atoms with Crippen LogP contribution in [-0.4, -0.2) is 28.4 Å². The van der Waals surface area contributed by atoms with Crippen LogP contribution in [-0.2, 0) is 22.4 Å². The summed E-state index contributed by atoms with van der Waals surface area (Å²) in [5.74, 6) is -0.645. The first-order valence-electron chi connectivity index (χ1n) is 9.08. The largest absolute Gasteiger partial charge is 0.344 e. The van der Waals surface area contributed by atoms with Crippen LogP contribution in [0.1, 0.15) is 56.6 Å². The van der Waals surface area contributed by atoms with E-state index in [1.807, 2.05) is 12.1 Å². The Bertz CT molecular complexity index is 663. The van der Waals surface area contributed by atoms with Crippen LogP contribution in [0.15, 0.2) is 24.3 Å². The molecule has 1 heterocycles. The Morgan fingerprint density at radius 2 is 1.76 bits per heavy atom. The van der Waals surface area contributed by atoms with Crippen LogP contribution in [0.4, 0.5) is 4.79 Å². The van der Waals surface area contributed by atoms with E-state index in [1.54, 1.807) is 0 Å². The monoisotopic (exact) mass is 343 g/mol. The molecule has 1 aliphatic carbocycles. The van der Waals surface area contributed by atoms with Gasteiger partial charge in [0, 0.05) is 6.42 Å². The number of benzene rings is 1. The van der Waals surface area contributed by atoms with Gasteiger partial charge in [-0.2, -0.15) is 5.01 Å². The first-order valence-corrected chi connectivity index (χ1v) is 9.08. The molecule has 1 spiro atoms. The summed E-state index contributed by atoms with van der Waals surface area (Å²) in [6.07, 6.45) is 5.99. The molecular weight excluding hydrogens is 318 g/mol. The van der Waals surface area contributed by atoms with Crippen LogP contribution in [0.3, 0.4) is 0 Å². The molecule has 0 atom stereocenters. The summed E-state index contributed by atoms with van der Waals surface area (Å²) < 4.78 is 0. The van der Waals surface area contributed by atoms with E-state index in [0.29, 0.717) is 19.3 Å². The summed E-state index contributed by atoms with van der Waals surface area (Å²) in [5, 5.41) is 3.65. The van der Waals surface area contributed by atoms with Crippen LogP contribution < -0.4 is 10.7 Å². The molecule has 1 aromatic rings. The van der Waals surface area contributed by atoms with E-state index >= 15 is 0 Å². The van der Waals surface area contributed by atoms with E-state index in [2.05, 4.69) is 29.8 Å². The minimum absolute atomic E-state index is 0.232. The molecule has 6 nitrogen and oxygen atoms in total. The third-order valence-electron chi connectivity index (χ3n) is 5.18. The van der Waals surface area contributed by atoms with Gasteiger partial charge in [-0.05, 0) is 36.8 Å². The number of aryl methyl sites for hydroxylation is 2. The Kier molecular flexibility index (Phi) is 5.06. The summed E-state index contributed by atoms with van der Waals surface area (Å²) in [7, 11) is 0. The van der Waals surface area contributed by atoms with Crippen molar-refractivity contribution >= 4 is 17.8 Å². The summed E-state index contributed by atoms with van der Waals surface area (Å²) in [4.78, 5) is 36.9. The number of hydrogen-bond donors (Lipinski definition) is 2. The van der Waals surface area contributed by atoms with Crippen LogP contribution in [0.5, 0.6) is 0 Å². The quantitative estimate of drug-likeness (QED) is 0.806. The molecule has 4 amide bonds. The second-order valence-electron chi connectivity index (χ2n) is 6.92. The molecule has 0 bridgehead atoms. The molecule has 1 saturated heterocycles. The van der Waals surface area contributed by atoms with E-state index in [0.717, 1.165) is 36.3 Å². The lowest BCUT2D eigenvalue weighted by molar-refractivity contribution is -0.139. The van der Waals surface area contributed by atoms with Crippen molar-refractivity contribution in [2.45, 2.75) is 63.8 Å². The fourth-order valence-electron chi connectivity index (χ4n) is 3.60. The SMILES string of the molecule is CCc1ccc(CCC(=O)NN2C(=O)NC3(CCCCC3)C2=O)cc1. The summed E-state index contributed by atoms with van der Waals surface area (Å²) >= 11 is 0. The Labute approximate surface area is 147 Å². The molecule has 134 valence electrons. The average Bonchev–Trinajstić information content (AvgIpc) is 2.85. The minimum Gasteiger partial charge on any atom is -0.322 e. The van der Waals surface area contributed by atoms with Crippen LogP contribution in [0.25, 0.3) is 0 Å². The van der Waals surface area contributed by atoms with Gasteiger partial charge in [-0.25, -0.2) is 4.79 Å². The lowest BCUT2D eigenvalue weighted by Gasteiger charge is -2.30. The Balaban J connectivity index is 1.55. The molecule has 1 aromatic carbocycles. The van der Waals surface area contributed by atoms with Crippen LogP contribution in [0, 0.1) is 0 Å². The highest BCUT2D eigenvalue weighted by atomic mass is 16.2. The van der Waals surface area contributed by atoms with E-state index in [9.17, 15) is 14.4 Å². The number of carbonyl (C=O) groups is 3. The molecular formula is C19H25N3O3. The third kappa shape index (κ3) is 3.67. The second-order valence-corrected chi connectivity index (χ2v) is 6.92. The molecule has 6 heteroatoms. The van der Waals surface area contributed by atoms with Gasteiger partial charge in [-0.3, -0.25) is 15.0 Å². The van der Waals surface area contributed by atoms with E-state index in [-0.39, 0.29) is 18.2 Å². The smallest absolute Gasteiger partial charge is 0.322 e. The van der Waals surface area contributed by atoms with E-state index in [1.165, 1.54) is 5.56 Å². The van der Waals surface area contributed by atoms with Crippen molar-refractivity contribution in [1.82, 2.24) is 15.8 Å². The summed E-state index contributed by atoms with van der Waals surface area (Å²) in [6.45, 7) is 2.10. The van der Waals surface area contributed by atoms with Crippen LogP contribution >= 0.6 is 0 Å². The minimum atomic E-state index is -0.807. The molecule has 0 aromatic heterocycles. The number of carbonyl (C=O) groups excluding carboxylic acids is 3. The highest BCUT2D eigenvalue weighted by Crippen LogP contribution is 2.32.